The third-order valence-electron chi connectivity index (χ3n) is 5.52. The average molecular weight is 545 g/mol. The molecule has 0 unspecified atom stereocenters. The molecule has 0 aliphatic rings. The number of carbonyl (C=O) groups excluding carboxylic acids is 1. The Morgan fingerprint density at radius 1 is 1.16 bits per heavy atom. The van der Waals surface area contributed by atoms with Crippen molar-refractivity contribution in [2.24, 2.45) is 0 Å². The fraction of sp³-hybridized carbons (Fsp3) is 0.250. The van der Waals surface area contributed by atoms with Gasteiger partial charge >= 0.3 is 0 Å². The van der Waals surface area contributed by atoms with Crippen molar-refractivity contribution >= 4 is 27.6 Å². The van der Waals surface area contributed by atoms with Gasteiger partial charge < -0.3 is 19.2 Å². The zero-order valence-electron chi connectivity index (χ0n) is 20.9. The van der Waals surface area contributed by atoms with E-state index in [4.69, 9.17) is 13.9 Å². The Morgan fingerprint density at radius 2 is 1.87 bits per heavy atom. The first-order chi connectivity index (χ1) is 18.1. The summed E-state index contributed by atoms with van der Waals surface area (Å²) in [7, 11) is -1.20. The number of carbonyl (C=O) groups is 1. The van der Waals surface area contributed by atoms with Crippen LogP contribution in [-0.4, -0.2) is 53.5 Å². The van der Waals surface area contributed by atoms with Crippen molar-refractivity contribution in [3.05, 3.63) is 60.4 Å². The highest BCUT2D eigenvalue weighted by atomic mass is 32.2. The molecule has 2 N–H and O–H groups in total. The standard InChI is InChI=1S/C24H25FN6O6S/c1-14(11-17-18(27-15(2)32)12-16(25)13-26-17)38(33,34)30-24-29-28-23(21-9-6-10-37-21)31(24)22-19(35-3)7-5-8-20(22)36-4/h5-10,12-14H,11H2,1-4H3,(H,27,32)(H,29,30)/t14-/m1/s1. The van der Waals surface area contributed by atoms with Gasteiger partial charge in [-0.15, -0.1) is 10.2 Å². The molecule has 0 aliphatic carbocycles. The molecule has 200 valence electrons. The van der Waals surface area contributed by atoms with Crippen molar-refractivity contribution < 1.29 is 31.5 Å². The summed E-state index contributed by atoms with van der Waals surface area (Å²) in [6.07, 6.45) is 2.26. The topological polar surface area (TPSA) is 150 Å². The minimum atomic E-state index is -4.12. The van der Waals surface area contributed by atoms with Gasteiger partial charge in [-0.1, -0.05) is 6.07 Å². The van der Waals surface area contributed by atoms with Crippen LogP contribution in [0.4, 0.5) is 16.0 Å². The van der Waals surface area contributed by atoms with Crippen LogP contribution in [0.2, 0.25) is 0 Å². The predicted octanol–water partition coefficient (Wildman–Crippen LogP) is 3.41. The maximum absolute atomic E-state index is 13.7. The Balaban J connectivity index is 1.75. The quantitative estimate of drug-likeness (QED) is 0.306. The summed E-state index contributed by atoms with van der Waals surface area (Å²) < 4.78 is 61.0. The number of para-hydroxylation sites is 1. The number of nitrogens with zero attached hydrogens (tertiary/aromatic N) is 4. The molecule has 4 rings (SSSR count). The van der Waals surface area contributed by atoms with Crippen molar-refractivity contribution in [1.29, 1.82) is 0 Å². The van der Waals surface area contributed by atoms with Crippen LogP contribution in [0.15, 0.2) is 53.3 Å². The molecule has 0 radical (unpaired) electrons. The summed E-state index contributed by atoms with van der Waals surface area (Å²) in [6, 6.07) is 9.45. The normalized spacial score (nSPS) is 12.1. The summed E-state index contributed by atoms with van der Waals surface area (Å²) >= 11 is 0. The Bertz CT molecular complexity index is 1530. The van der Waals surface area contributed by atoms with E-state index in [0.717, 1.165) is 12.3 Å². The molecule has 3 aromatic heterocycles. The molecule has 0 aliphatic heterocycles. The van der Waals surface area contributed by atoms with Gasteiger partial charge in [0.2, 0.25) is 27.7 Å². The number of benzene rings is 1. The molecule has 12 nitrogen and oxygen atoms in total. The lowest BCUT2D eigenvalue weighted by Crippen LogP contribution is -2.29. The Labute approximate surface area is 217 Å². The molecule has 1 amide bonds. The average Bonchev–Trinajstić information content (AvgIpc) is 3.54. The number of anilines is 2. The highest BCUT2D eigenvalue weighted by Gasteiger charge is 2.29. The number of sulfonamides is 1. The van der Waals surface area contributed by atoms with Crippen LogP contribution in [-0.2, 0) is 21.2 Å². The van der Waals surface area contributed by atoms with Crippen molar-refractivity contribution in [2.45, 2.75) is 25.5 Å². The Morgan fingerprint density at radius 3 is 2.47 bits per heavy atom. The van der Waals surface area contributed by atoms with Crippen LogP contribution in [0.5, 0.6) is 11.5 Å². The molecule has 1 atom stereocenters. The second kappa shape index (κ2) is 10.9. The van der Waals surface area contributed by atoms with Crippen LogP contribution >= 0.6 is 0 Å². The van der Waals surface area contributed by atoms with Gasteiger partial charge in [-0.25, -0.2) is 12.8 Å². The van der Waals surface area contributed by atoms with Gasteiger partial charge in [-0.3, -0.25) is 19.1 Å². The predicted molar refractivity (Wildman–Crippen MR) is 136 cm³/mol. The van der Waals surface area contributed by atoms with Gasteiger partial charge in [-0.05, 0) is 31.2 Å². The fourth-order valence-corrected chi connectivity index (χ4v) is 4.68. The first-order valence-electron chi connectivity index (χ1n) is 11.3. The highest BCUT2D eigenvalue weighted by molar-refractivity contribution is 7.93. The Kier molecular flexibility index (Phi) is 7.62. The number of nitrogens with one attached hydrogen (secondary N) is 2. The van der Waals surface area contributed by atoms with Gasteiger partial charge in [-0.2, -0.15) is 0 Å². The third-order valence-corrected chi connectivity index (χ3v) is 7.21. The van der Waals surface area contributed by atoms with Crippen molar-refractivity contribution in [3.8, 4) is 28.8 Å². The smallest absolute Gasteiger partial charge is 0.243 e. The molecule has 4 aromatic rings. The fourth-order valence-electron chi connectivity index (χ4n) is 3.72. The number of rotatable bonds is 10. The zero-order chi connectivity index (χ0) is 27.4. The minimum Gasteiger partial charge on any atom is -0.494 e. The number of furan rings is 1. The third kappa shape index (κ3) is 5.44. The van der Waals surface area contributed by atoms with E-state index in [1.165, 1.54) is 38.9 Å². The summed E-state index contributed by atoms with van der Waals surface area (Å²) in [5.74, 6) is -0.0372. The summed E-state index contributed by atoms with van der Waals surface area (Å²) in [5, 5.41) is 9.62. The molecular formula is C24H25FN6O6S. The monoisotopic (exact) mass is 544 g/mol. The van der Waals surface area contributed by atoms with Crippen LogP contribution in [0, 0.1) is 5.82 Å². The first-order valence-corrected chi connectivity index (χ1v) is 12.8. The lowest BCUT2D eigenvalue weighted by Gasteiger charge is -2.19. The minimum absolute atomic E-state index is 0.0848. The second-order valence-electron chi connectivity index (χ2n) is 8.16. The van der Waals surface area contributed by atoms with E-state index in [1.807, 2.05) is 0 Å². The summed E-state index contributed by atoms with van der Waals surface area (Å²) in [4.78, 5) is 15.5. The lowest BCUT2D eigenvalue weighted by atomic mass is 10.2. The number of pyridine rings is 1. The number of amides is 1. The van der Waals surface area contributed by atoms with E-state index in [0.29, 0.717) is 22.9 Å². The Hall–Kier alpha value is -4.46. The van der Waals surface area contributed by atoms with Gasteiger partial charge in [0, 0.05) is 19.4 Å². The van der Waals surface area contributed by atoms with Crippen LogP contribution in [0.3, 0.4) is 0 Å². The van der Waals surface area contributed by atoms with E-state index in [1.54, 1.807) is 30.3 Å². The molecule has 3 heterocycles. The van der Waals surface area contributed by atoms with Crippen molar-refractivity contribution in [2.75, 3.05) is 24.3 Å². The largest absolute Gasteiger partial charge is 0.494 e. The molecule has 0 saturated carbocycles. The number of ether oxygens (including phenoxy) is 2. The molecule has 0 spiro atoms. The number of methoxy groups -OCH3 is 2. The number of aromatic nitrogens is 4. The molecule has 38 heavy (non-hydrogen) atoms. The second-order valence-corrected chi connectivity index (χ2v) is 10.3. The highest BCUT2D eigenvalue weighted by Crippen LogP contribution is 2.38. The SMILES string of the molecule is COc1cccc(OC)c1-n1c(NS(=O)(=O)[C@H](C)Cc2ncc(F)cc2NC(C)=O)nnc1-c1ccco1. The van der Waals surface area contributed by atoms with Crippen molar-refractivity contribution in [1.82, 2.24) is 19.7 Å². The first kappa shape index (κ1) is 26.6. The van der Waals surface area contributed by atoms with Gasteiger partial charge in [0.05, 0.1) is 43.3 Å². The maximum atomic E-state index is 13.7. The molecular weight excluding hydrogens is 519 g/mol. The number of halogens is 1. The number of hydrogen-bond donors (Lipinski definition) is 2. The van der Waals surface area contributed by atoms with E-state index < -0.39 is 27.0 Å². The molecule has 1 aromatic carbocycles. The van der Waals surface area contributed by atoms with E-state index in [2.05, 4.69) is 25.2 Å². The number of hydrogen-bond acceptors (Lipinski definition) is 9. The maximum Gasteiger partial charge on any atom is 0.243 e. The lowest BCUT2D eigenvalue weighted by molar-refractivity contribution is -0.114. The van der Waals surface area contributed by atoms with Gasteiger partial charge in [0.1, 0.15) is 23.0 Å². The van der Waals surface area contributed by atoms with Crippen molar-refractivity contribution in [3.63, 3.8) is 0 Å². The van der Waals surface area contributed by atoms with Crippen LogP contribution < -0.4 is 19.5 Å². The molecule has 0 bridgehead atoms. The van der Waals surface area contributed by atoms with Gasteiger partial charge in [0.15, 0.2) is 5.76 Å². The molecule has 14 heteroatoms. The summed E-state index contributed by atoms with van der Waals surface area (Å²) in [5.41, 5.74) is 0.623. The van der Waals surface area contributed by atoms with E-state index in [-0.39, 0.29) is 29.6 Å². The molecule has 0 saturated heterocycles. The van der Waals surface area contributed by atoms with Gasteiger partial charge in [0.25, 0.3) is 0 Å². The van der Waals surface area contributed by atoms with Crippen LogP contribution in [0.25, 0.3) is 17.3 Å². The zero-order valence-corrected chi connectivity index (χ0v) is 21.7. The van der Waals surface area contributed by atoms with E-state index >= 15 is 0 Å². The molecule has 0 fully saturated rings. The van der Waals surface area contributed by atoms with E-state index in [9.17, 15) is 17.6 Å². The van der Waals surface area contributed by atoms with Crippen LogP contribution in [0.1, 0.15) is 19.5 Å². The summed E-state index contributed by atoms with van der Waals surface area (Å²) in [6.45, 7) is 2.70.